The zero-order valence-electron chi connectivity index (χ0n) is 26.7. The number of halogens is 6. The number of aldehydes is 1. The summed E-state index contributed by atoms with van der Waals surface area (Å²) in [5, 5.41) is 5.26. The fourth-order valence-corrected chi connectivity index (χ4v) is 6.10. The predicted octanol–water partition coefficient (Wildman–Crippen LogP) is 8.10. The maximum atomic E-state index is 14.5. The van der Waals surface area contributed by atoms with Gasteiger partial charge in [0.25, 0.3) is 0 Å². The van der Waals surface area contributed by atoms with E-state index in [2.05, 4.69) is 42.5 Å². The number of carbonyl (C=O) groups excluding carboxylic acids is 3. The van der Waals surface area contributed by atoms with E-state index in [9.17, 15) is 41.5 Å². The minimum absolute atomic E-state index is 0.0331. The smallest absolute Gasteiger partial charge is 0.221 e. The van der Waals surface area contributed by atoms with Crippen LogP contribution in [0.1, 0.15) is 30.0 Å². The lowest BCUT2D eigenvalue weighted by atomic mass is 10.1. The normalized spacial score (nSPS) is 10.8. The molecule has 0 saturated carbocycles. The summed E-state index contributed by atoms with van der Waals surface area (Å²) in [7, 11) is 0. The van der Waals surface area contributed by atoms with Crippen LogP contribution < -0.4 is 21.5 Å². The lowest BCUT2D eigenvalue weighted by Gasteiger charge is -2.17. The summed E-state index contributed by atoms with van der Waals surface area (Å²) in [5.41, 5.74) is -0.0261. The Morgan fingerprint density at radius 2 is 1.06 bits per heavy atom. The summed E-state index contributed by atoms with van der Waals surface area (Å²) in [6, 6.07) is 15.8. The van der Waals surface area contributed by atoms with Crippen molar-refractivity contribution in [2.24, 2.45) is 0 Å². The van der Waals surface area contributed by atoms with E-state index in [0.717, 1.165) is 12.1 Å². The van der Waals surface area contributed by atoms with Crippen molar-refractivity contribution in [2.45, 2.75) is 20.8 Å². The molecule has 0 fully saturated rings. The molecule has 0 unspecified atom stereocenters. The number of aromatic nitrogens is 2. The van der Waals surface area contributed by atoms with Crippen molar-refractivity contribution in [1.29, 1.82) is 0 Å². The topological polar surface area (TPSA) is 119 Å². The monoisotopic (exact) mass is 826 g/mol. The van der Waals surface area contributed by atoms with Gasteiger partial charge in [0, 0.05) is 63.5 Å². The molecule has 2 amide bonds. The van der Waals surface area contributed by atoms with Gasteiger partial charge in [0.15, 0.2) is 17.1 Å². The molecule has 2 heterocycles. The molecule has 2 N–H and O–H groups in total. The van der Waals surface area contributed by atoms with Crippen molar-refractivity contribution in [1.82, 2.24) is 9.13 Å². The van der Waals surface area contributed by atoms with Gasteiger partial charge in [-0.3, -0.25) is 24.0 Å². The Balaban J connectivity index is 0.000000198. The number of hydrogen-bond donors (Lipinski definition) is 2. The molecule has 0 aliphatic heterocycles. The maximum absolute atomic E-state index is 14.5. The predicted molar refractivity (Wildman–Crippen MR) is 193 cm³/mol. The minimum atomic E-state index is -0.958. The molecule has 2 aromatic heterocycles. The number of benzene rings is 4. The molecule has 6 rings (SSSR count). The zero-order valence-corrected chi connectivity index (χ0v) is 29.9. The third-order valence-corrected chi connectivity index (χ3v) is 8.45. The SMILES string of the molecule is CC(=O)Nc1cc(-n2c(C)cc(=O)c3ccc(Br)cc32)c(F)cc1F.CC(=O)Nc1cc(-n2c(C=O)cc(=O)c3ccc(Br)cc32)c(F)cc1F. The Labute approximate surface area is 302 Å². The number of nitrogens with one attached hydrogen (secondary N) is 2. The maximum Gasteiger partial charge on any atom is 0.221 e. The van der Waals surface area contributed by atoms with Gasteiger partial charge in [-0.25, -0.2) is 17.6 Å². The molecule has 0 aliphatic rings. The molecule has 4 aromatic carbocycles. The van der Waals surface area contributed by atoms with Gasteiger partial charge >= 0.3 is 0 Å². The minimum Gasteiger partial charge on any atom is -0.324 e. The second-order valence-corrected chi connectivity index (χ2v) is 13.0. The Hall–Kier alpha value is -5.41. The second-order valence-electron chi connectivity index (χ2n) is 11.1. The number of amides is 2. The van der Waals surface area contributed by atoms with Crippen LogP contribution >= 0.6 is 31.9 Å². The van der Waals surface area contributed by atoms with Crippen LogP contribution in [0, 0.1) is 30.2 Å². The van der Waals surface area contributed by atoms with Crippen molar-refractivity contribution in [3.8, 4) is 11.4 Å². The number of aryl methyl sites for hydroxylation is 1. The van der Waals surface area contributed by atoms with Gasteiger partial charge in [-0.15, -0.1) is 0 Å². The molecular formula is C36H24Br2F4N4O5. The number of fused-ring (bicyclic) bond motifs is 2. The molecule has 15 heteroatoms. The third kappa shape index (κ3) is 7.68. The van der Waals surface area contributed by atoms with Gasteiger partial charge in [-0.2, -0.15) is 0 Å². The van der Waals surface area contributed by atoms with E-state index in [0.29, 0.717) is 44.0 Å². The summed E-state index contributed by atoms with van der Waals surface area (Å²) in [5.74, 6) is -4.60. The van der Waals surface area contributed by atoms with Gasteiger partial charge in [0.2, 0.25) is 11.8 Å². The first-order valence-corrected chi connectivity index (χ1v) is 16.3. The van der Waals surface area contributed by atoms with Crippen molar-refractivity contribution in [3.63, 3.8) is 0 Å². The van der Waals surface area contributed by atoms with Crippen molar-refractivity contribution in [2.75, 3.05) is 10.6 Å². The summed E-state index contributed by atoms with van der Waals surface area (Å²) < 4.78 is 60.9. The Bertz CT molecular complexity index is 2550. The Morgan fingerprint density at radius 1 is 0.627 bits per heavy atom. The lowest BCUT2D eigenvalue weighted by Crippen LogP contribution is -2.15. The molecule has 0 saturated heterocycles. The van der Waals surface area contributed by atoms with Crippen LogP contribution in [-0.4, -0.2) is 27.2 Å². The van der Waals surface area contributed by atoms with Gasteiger partial charge < -0.3 is 19.8 Å². The summed E-state index contributed by atoms with van der Waals surface area (Å²) in [4.78, 5) is 58.4. The van der Waals surface area contributed by atoms with Gasteiger partial charge in [-0.05, 0) is 55.5 Å². The Morgan fingerprint density at radius 3 is 1.51 bits per heavy atom. The van der Waals surface area contributed by atoms with E-state index >= 15 is 0 Å². The molecule has 0 bridgehead atoms. The summed E-state index contributed by atoms with van der Waals surface area (Å²) in [6.07, 6.45) is 0.405. The van der Waals surface area contributed by atoms with E-state index in [1.807, 2.05) is 0 Å². The van der Waals surface area contributed by atoms with Gasteiger partial charge in [-0.1, -0.05) is 31.9 Å². The van der Waals surface area contributed by atoms with E-state index in [1.54, 1.807) is 37.3 Å². The fraction of sp³-hybridized carbons (Fsp3) is 0.0833. The number of hydrogen-bond acceptors (Lipinski definition) is 5. The molecule has 260 valence electrons. The Kier molecular flexibility index (Phi) is 10.7. The second kappa shape index (κ2) is 14.8. The molecule has 0 spiro atoms. The van der Waals surface area contributed by atoms with E-state index in [-0.39, 0.29) is 44.8 Å². The highest BCUT2D eigenvalue weighted by Crippen LogP contribution is 2.29. The molecule has 0 aliphatic carbocycles. The first-order chi connectivity index (χ1) is 24.1. The van der Waals surface area contributed by atoms with Crippen LogP contribution in [0.3, 0.4) is 0 Å². The van der Waals surface area contributed by atoms with Crippen LogP contribution in [0.25, 0.3) is 33.2 Å². The summed E-state index contributed by atoms with van der Waals surface area (Å²) >= 11 is 6.61. The van der Waals surface area contributed by atoms with Crippen molar-refractivity contribution >= 4 is 83.1 Å². The highest BCUT2D eigenvalue weighted by Gasteiger charge is 2.19. The molecule has 9 nitrogen and oxygen atoms in total. The zero-order chi connectivity index (χ0) is 37.3. The van der Waals surface area contributed by atoms with Gasteiger partial charge in [0.1, 0.15) is 23.3 Å². The van der Waals surface area contributed by atoms with E-state index in [1.165, 1.54) is 41.2 Å². The molecule has 6 aromatic rings. The quantitative estimate of drug-likeness (QED) is 0.135. The average Bonchev–Trinajstić information content (AvgIpc) is 3.04. The highest BCUT2D eigenvalue weighted by molar-refractivity contribution is 9.10. The van der Waals surface area contributed by atoms with Crippen LogP contribution in [0.5, 0.6) is 0 Å². The number of pyridine rings is 2. The third-order valence-electron chi connectivity index (χ3n) is 7.46. The molecular weight excluding hydrogens is 804 g/mol. The standard InChI is InChI=1S/C18H11BrF2N2O3.C18H13BrF2N2O2/c1-9(25)22-15-7-17(14(21)6-13(15)20)23-11(8-24)5-18(26)12-3-2-10(19)4-16(12)23;1-9-5-18(25)12-4-3-11(19)6-16(12)23(9)17-8-15(22-10(2)24)13(20)7-14(17)21/h2-8H,1H3,(H,22,25);3-8H,1-2H3,(H,22,24). The van der Waals surface area contributed by atoms with Gasteiger partial charge in [0.05, 0.1) is 39.5 Å². The largest absolute Gasteiger partial charge is 0.324 e. The molecule has 0 radical (unpaired) electrons. The van der Waals surface area contributed by atoms with E-state index < -0.39 is 40.5 Å². The first kappa shape index (κ1) is 36.9. The van der Waals surface area contributed by atoms with Crippen molar-refractivity contribution < 1.29 is 31.9 Å². The lowest BCUT2D eigenvalue weighted by molar-refractivity contribution is -0.115. The van der Waals surface area contributed by atoms with Crippen LogP contribution in [-0.2, 0) is 9.59 Å². The van der Waals surface area contributed by atoms with Crippen molar-refractivity contribution in [3.05, 3.63) is 137 Å². The fourth-order valence-electron chi connectivity index (χ4n) is 5.40. The highest BCUT2D eigenvalue weighted by atomic mass is 79.9. The number of nitrogens with zero attached hydrogens (tertiary/aromatic N) is 2. The van der Waals surface area contributed by atoms with Crippen LogP contribution in [0.15, 0.2) is 91.3 Å². The van der Waals surface area contributed by atoms with E-state index in [4.69, 9.17) is 0 Å². The first-order valence-electron chi connectivity index (χ1n) is 14.8. The average molecular weight is 828 g/mol. The number of rotatable bonds is 5. The number of carbonyl (C=O) groups is 3. The summed E-state index contributed by atoms with van der Waals surface area (Å²) in [6.45, 7) is 4.08. The number of anilines is 2. The molecule has 0 atom stereocenters. The molecule has 51 heavy (non-hydrogen) atoms. The van der Waals surface area contributed by atoms with Crippen LogP contribution in [0.4, 0.5) is 28.9 Å². The van der Waals surface area contributed by atoms with Crippen LogP contribution in [0.2, 0.25) is 0 Å².